The van der Waals surface area contributed by atoms with Crippen LogP contribution in [0.1, 0.15) is 0 Å². The first kappa shape index (κ1) is 10.6. The highest BCUT2D eigenvalue weighted by atomic mass is 79.9. The Balaban J connectivity index is 2.90. The molecule has 5 heteroatoms. The number of alkyl halides is 1. The Morgan fingerprint density at radius 2 is 2.38 bits per heavy atom. The summed E-state index contributed by atoms with van der Waals surface area (Å²) in [6.45, 7) is 0. The van der Waals surface area contributed by atoms with Crippen LogP contribution in [0.4, 0.5) is 0 Å². The van der Waals surface area contributed by atoms with Gasteiger partial charge in [0.25, 0.3) is 0 Å². The molecule has 0 aromatic rings. The highest BCUT2D eigenvalue weighted by Gasteiger charge is 2.21. The van der Waals surface area contributed by atoms with Gasteiger partial charge < -0.3 is 9.64 Å². The molecule has 1 heterocycles. The molecular weight excluding hydrogens is 257 g/mol. The van der Waals surface area contributed by atoms with E-state index in [2.05, 4.69) is 20.7 Å². The van der Waals surface area contributed by atoms with Gasteiger partial charge in [0, 0.05) is 17.7 Å². The maximum Gasteiger partial charge on any atom is 0.339 e. The lowest BCUT2D eigenvalue weighted by molar-refractivity contribution is -0.135. The van der Waals surface area contributed by atoms with Crippen molar-refractivity contribution in [3.05, 3.63) is 22.3 Å². The van der Waals surface area contributed by atoms with Gasteiger partial charge in [-0.25, -0.2) is 4.79 Å². The summed E-state index contributed by atoms with van der Waals surface area (Å²) in [4.78, 5) is 12.9. The quantitative estimate of drug-likeness (QED) is 0.412. The van der Waals surface area contributed by atoms with Gasteiger partial charge in [0.15, 0.2) is 0 Å². The lowest BCUT2D eigenvalue weighted by Crippen LogP contribution is -2.26. The minimum absolute atomic E-state index is 0.256. The summed E-state index contributed by atoms with van der Waals surface area (Å²) in [5.41, 5.74) is 0.224. The first-order valence-corrected chi connectivity index (χ1v) is 4.82. The molecule has 72 valence electrons. The Hall–Kier alpha value is -0.480. The Morgan fingerprint density at radius 1 is 1.77 bits per heavy atom. The lowest BCUT2D eigenvalue weighted by atomic mass is 10.2. The zero-order valence-corrected chi connectivity index (χ0v) is 9.59. The molecule has 1 aliphatic heterocycles. The number of carbonyl (C=O) groups is 1. The van der Waals surface area contributed by atoms with Crippen LogP contribution in [0, 0.1) is 0 Å². The van der Waals surface area contributed by atoms with Crippen molar-refractivity contribution in [2.75, 3.05) is 14.2 Å². The molecule has 0 amide bonds. The average Bonchev–Trinajstić information content (AvgIpc) is 2.12. The Labute approximate surface area is 90.1 Å². The number of rotatable bonds is 1. The maximum absolute atomic E-state index is 11.1. The molecule has 0 fully saturated rings. The first-order valence-electron chi connectivity index (χ1n) is 3.59. The molecule has 0 aliphatic carbocycles. The smallest absolute Gasteiger partial charge is 0.339 e. The number of esters is 1. The molecule has 0 saturated carbocycles. The van der Waals surface area contributed by atoms with Crippen molar-refractivity contribution in [2.24, 2.45) is 0 Å². The van der Waals surface area contributed by atoms with Crippen molar-refractivity contribution in [1.82, 2.24) is 4.90 Å². The number of halogens is 2. The Morgan fingerprint density at radius 3 is 2.85 bits per heavy atom. The van der Waals surface area contributed by atoms with E-state index in [0.717, 1.165) is 4.48 Å². The second-order valence-electron chi connectivity index (χ2n) is 2.61. The molecule has 1 rings (SSSR count). The summed E-state index contributed by atoms with van der Waals surface area (Å²) in [6, 6.07) is 0. The third-order valence-corrected chi connectivity index (χ3v) is 3.11. The molecule has 13 heavy (non-hydrogen) atoms. The van der Waals surface area contributed by atoms with E-state index in [1.54, 1.807) is 24.2 Å². The van der Waals surface area contributed by atoms with E-state index in [4.69, 9.17) is 11.6 Å². The molecule has 1 unspecified atom stereocenters. The summed E-state index contributed by atoms with van der Waals surface area (Å²) < 4.78 is 5.33. The molecule has 3 nitrogen and oxygen atoms in total. The number of hydrogen-bond acceptors (Lipinski definition) is 3. The molecule has 0 bridgehead atoms. The largest absolute Gasteiger partial charge is 0.465 e. The van der Waals surface area contributed by atoms with Crippen LogP contribution in [0.2, 0.25) is 0 Å². The standard InChI is InChI=1S/C8H9BrClNO2/c1-11-4-5(8(12)13-2)3-6(9)7(11)10/h3-4,7H,1-2H3. The van der Waals surface area contributed by atoms with Crippen molar-refractivity contribution in [2.45, 2.75) is 5.50 Å². The van der Waals surface area contributed by atoms with Gasteiger partial charge >= 0.3 is 5.97 Å². The molecule has 0 aromatic carbocycles. The van der Waals surface area contributed by atoms with Crippen LogP contribution in [0.5, 0.6) is 0 Å². The number of ether oxygens (including phenoxy) is 1. The van der Waals surface area contributed by atoms with Gasteiger partial charge in [-0.05, 0) is 6.08 Å². The molecule has 1 aliphatic rings. The number of likely N-dealkylation sites (N-methyl/N-ethyl adjacent to an activating group) is 1. The van der Waals surface area contributed by atoms with Gasteiger partial charge in [-0.1, -0.05) is 27.5 Å². The van der Waals surface area contributed by atoms with Crippen LogP contribution in [-0.2, 0) is 9.53 Å². The summed E-state index contributed by atoms with van der Waals surface area (Å²) in [5.74, 6) is -0.368. The highest BCUT2D eigenvalue weighted by molar-refractivity contribution is 9.11. The van der Waals surface area contributed by atoms with Crippen LogP contribution in [0.3, 0.4) is 0 Å². The third-order valence-electron chi connectivity index (χ3n) is 1.64. The monoisotopic (exact) mass is 265 g/mol. The molecule has 0 N–H and O–H groups in total. The predicted octanol–water partition coefficient (Wildman–Crippen LogP) is 1.83. The number of nitrogens with zero attached hydrogens (tertiary/aromatic N) is 1. The third kappa shape index (κ3) is 2.25. The number of hydrogen-bond donors (Lipinski definition) is 0. The Kier molecular flexibility index (Phi) is 3.39. The fourth-order valence-electron chi connectivity index (χ4n) is 0.963. The van der Waals surface area contributed by atoms with Crippen LogP contribution in [0.15, 0.2) is 22.3 Å². The first-order chi connectivity index (χ1) is 6.06. The number of methoxy groups -OCH3 is 1. The second kappa shape index (κ2) is 4.15. The van der Waals surface area contributed by atoms with E-state index in [1.165, 1.54) is 7.11 Å². The topological polar surface area (TPSA) is 29.5 Å². The van der Waals surface area contributed by atoms with Crippen LogP contribution < -0.4 is 0 Å². The summed E-state index contributed by atoms with van der Waals surface area (Å²) in [7, 11) is 3.13. The fourth-order valence-corrected chi connectivity index (χ4v) is 1.65. The van der Waals surface area contributed by atoms with Gasteiger partial charge in [0.05, 0.1) is 12.7 Å². The summed E-state index contributed by atoms with van der Waals surface area (Å²) in [5, 5.41) is 0. The average molecular weight is 267 g/mol. The summed E-state index contributed by atoms with van der Waals surface area (Å²) >= 11 is 9.22. The minimum atomic E-state index is -0.368. The molecular formula is C8H9BrClNO2. The molecule has 0 aromatic heterocycles. The van der Waals surface area contributed by atoms with Crippen LogP contribution in [0.25, 0.3) is 0 Å². The van der Waals surface area contributed by atoms with E-state index < -0.39 is 0 Å². The Bertz CT molecular complexity index is 288. The van der Waals surface area contributed by atoms with Crippen LogP contribution >= 0.6 is 27.5 Å². The van der Waals surface area contributed by atoms with Crippen molar-refractivity contribution >= 4 is 33.5 Å². The molecule has 0 radical (unpaired) electrons. The SMILES string of the molecule is COC(=O)C1=CN(C)C(Cl)C(Br)=C1. The van der Waals surface area contributed by atoms with Gasteiger partial charge in [0.2, 0.25) is 0 Å². The van der Waals surface area contributed by atoms with Gasteiger partial charge in [-0.15, -0.1) is 0 Å². The van der Waals surface area contributed by atoms with E-state index in [9.17, 15) is 4.79 Å². The second-order valence-corrected chi connectivity index (χ2v) is 3.94. The summed E-state index contributed by atoms with van der Waals surface area (Å²) in [6.07, 6.45) is 3.30. The van der Waals surface area contributed by atoms with Gasteiger partial charge in [-0.3, -0.25) is 0 Å². The lowest BCUT2D eigenvalue weighted by Gasteiger charge is -2.25. The van der Waals surface area contributed by atoms with E-state index >= 15 is 0 Å². The maximum atomic E-state index is 11.1. The molecule has 0 saturated heterocycles. The molecule has 0 spiro atoms. The van der Waals surface area contributed by atoms with Gasteiger partial charge in [-0.2, -0.15) is 0 Å². The van der Waals surface area contributed by atoms with Crippen molar-refractivity contribution in [3.63, 3.8) is 0 Å². The highest BCUT2D eigenvalue weighted by Crippen LogP contribution is 2.26. The van der Waals surface area contributed by atoms with Gasteiger partial charge in [0.1, 0.15) is 5.50 Å². The van der Waals surface area contributed by atoms with Crippen molar-refractivity contribution < 1.29 is 9.53 Å². The van der Waals surface area contributed by atoms with E-state index in [0.29, 0.717) is 5.57 Å². The zero-order chi connectivity index (χ0) is 10.0. The predicted molar refractivity (Wildman–Crippen MR) is 54.5 cm³/mol. The minimum Gasteiger partial charge on any atom is -0.465 e. The molecule has 1 atom stereocenters. The zero-order valence-electron chi connectivity index (χ0n) is 7.25. The van der Waals surface area contributed by atoms with Crippen molar-refractivity contribution in [1.29, 1.82) is 0 Å². The number of carbonyl (C=O) groups excluding carboxylic acids is 1. The normalized spacial score (nSPS) is 22.2. The van der Waals surface area contributed by atoms with E-state index in [1.807, 2.05) is 0 Å². The van der Waals surface area contributed by atoms with Crippen LogP contribution in [-0.4, -0.2) is 30.5 Å². The fraction of sp³-hybridized carbons (Fsp3) is 0.375. The van der Waals surface area contributed by atoms with Crippen molar-refractivity contribution in [3.8, 4) is 0 Å². The van der Waals surface area contributed by atoms with E-state index in [-0.39, 0.29) is 11.5 Å².